The predicted octanol–water partition coefficient (Wildman–Crippen LogP) is 5.08. The smallest absolute Gasteiger partial charge is 0.387 e. The number of hydrogen-bond donors (Lipinski definition) is 1. The summed E-state index contributed by atoms with van der Waals surface area (Å²) in [6.45, 7) is 0.305. The molecule has 0 saturated heterocycles. The van der Waals surface area contributed by atoms with Gasteiger partial charge in [0.1, 0.15) is 11.4 Å². The van der Waals surface area contributed by atoms with Gasteiger partial charge in [-0.25, -0.2) is 9.97 Å². The van der Waals surface area contributed by atoms with Crippen LogP contribution in [-0.2, 0) is 19.2 Å². The van der Waals surface area contributed by atoms with Crippen molar-refractivity contribution >= 4 is 10.9 Å². The molecule has 1 aliphatic carbocycles. The van der Waals surface area contributed by atoms with Crippen LogP contribution in [0.25, 0.3) is 22.0 Å². The molecule has 0 spiro atoms. The van der Waals surface area contributed by atoms with E-state index in [1.807, 2.05) is 12.1 Å². The summed E-state index contributed by atoms with van der Waals surface area (Å²) in [5.74, 6) is 0.222. The molecule has 2 heterocycles. The van der Waals surface area contributed by atoms with Crippen LogP contribution < -0.4 is 10.3 Å². The molecule has 1 fully saturated rings. The Kier molecular flexibility index (Phi) is 6.95. The van der Waals surface area contributed by atoms with Crippen molar-refractivity contribution in [2.45, 2.75) is 57.8 Å². The molecule has 1 unspecified atom stereocenters. The fourth-order valence-corrected chi connectivity index (χ4v) is 5.37. The maximum atomic E-state index is 13.3. The first-order chi connectivity index (χ1) is 18.6. The van der Waals surface area contributed by atoms with E-state index >= 15 is 0 Å². The van der Waals surface area contributed by atoms with Crippen LogP contribution in [0.15, 0.2) is 53.6 Å². The van der Waals surface area contributed by atoms with Gasteiger partial charge in [-0.05, 0) is 68.0 Å². The molecule has 1 aliphatic rings. The van der Waals surface area contributed by atoms with E-state index in [2.05, 4.69) is 16.0 Å². The number of rotatable bonds is 7. The monoisotopic (exact) mass is 533 g/mol. The molecule has 8 nitrogen and oxygen atoms in total. The fourth-order valence-electron chi connectivity index (χ4n) is 5.37. The second-order valence-corrected chi connectivity index (χ2v) is 10.5. The molecule has 2 atom stereocenters. The second kappa shape index (κ2) is 10.2. The van der Waals surface area contributed by atoms with Crippen molar-refractivity contribution in [3.05, 3.63) is 76.1 Å². The second-order valence-electron chi connectivity index (χ2n) is 10.5. The molecule has 1 saturated carbocycles. The number of nitrogens with zero attached hydrogens (tertiary/aromatic N) is 5. The van der Waals surface area contributed by atoms with Gasteiger partial charge in [0.15, 0.2) is 5.82 Å². The van der Waals surface area contributed by atoms with E-state index in [1.165, 1.54) is 10.7 Å². The number of hydrogen-bond acceptors (Lipinski definition) is 6. The number of ether oxygens (including phenoxy) is 1. The maximum absolute atomic E-state index is 13.3. The van der Waals surface area contributed by atoms with Crippen molar-refractivity contribution in [3.8, 4) is 22.9 Å². The third kappa shape index (κ3) is 5.14. The van der Waals surface area contributed by atoms with Crippen LogP contribution in [0, 0.1) is 17.2 Å². The number of alkyl halides is 2. The summed E-state index contributed by atoms with van der Waals surface area (Å²) in [6, 6.07) is 12.8. The normalized spacial score (nSPS) is 17.6. The van der Waals surface area contributed by atoms with Crippen molar-refractivity contribution in [1.29, 1.82) is 5.26 Å². The summed E-state index contributed by atoms with van der Waals surface area (Å²) in [5, 5.41) is 20.2. The van der Waals surface area contributed by atoms with E-state index in [9.17, 15) is 23.9 Å². The van der Waals surface area contributed by atoms with E-state index in [-0.39, 0.29) is 35.5 Å². The number of nitriles is 1. The zero-order valence-corrected chi connectivity index (χ0v) is 21.9. The van der Waals surface area contributed by atoms with Gasteiger partial charge in [-0.2, -0.15) is 14.0 Å². The summed E-state index contributed by atoms with van der Waals surface area (Å²) >= 11 is 0. The third-order valence-electron chi connectivity index (χ3n) is 7.43. The van der Waals surface area contributed by atoms with E-state index in [0.717, 1.165) is 30.4 Å². The van der Waals surface area contributed by atoms with Crippen molar-refractivity contribution in [2.75, 3.05) is 0 Å². The Hall–Kier alpha value is -4.10. The molecule has 0 amide bonds. The van der Waals surface area contributed by atoms with E-state index in [1.54, 1.807) is 56.2 Å². The summed E-state index contributed by atoms with van der Waals surface area (Å²) in [5.41, 5.74) is 2.05. The molecule has 39 heavy (non-hydrogen) atoms. The molecular weight excluding hydrogens is 504 g/mol. The molecule has 5 rings (SSSR count). The highest BCUT2D eigenvalue weighted by Crippen LogP contribution is 2.40. The van der Waals surface area contributed by atoms with E-state index in [4.69, 9.17) is 4.74 Å². The minimum atomic E-state index is -3.00. The Morgan fingerprint density at radius 2 is 1.90 bits per heavy atom. The van der Waals surface area contributed by atoms with Gasteiger partial charge in [-0.15, -0.1) is 0 Å². The van der Waals surface area contributed by atoms with Crippen LogP contribution in [-0.4, -0.2) is 31.0 Å². The molecule has 0 aliphatic heterocycles. The van der Waals surface area contributed by atoms with Gasteiger partial charge in [-0.3, -0.25) is 14.2 Å². The average molecular weight is 534 g/mol. The minimum Gasteiger partial charge on any atom is -0.434 e. The van der Waals surface area contributed by atoms with Gasteiger partial charge in [0, 0.05) is 30.6 Å². The van der Waals surface area contributed by atoms with Gasteiger partial charge >= 0.3 is 6.61 Å². The SMILES string of the molecule is Cn1c(=O)c2ccc(-c3cnc(C(C)(C)O)nc3)cc2n1Cc1cc(C2CCC[C@@H]2C#N)ccc1OC(F)F. The lowest BCUT2D eigenvalue weighted by Crippen LogP contribution is -2.20. The highest BCUT2D eigenvalue weighted by Gasteiger charge is 2.29. The zero-order valence-electron chi connectivity index (χ0n) is 21.9. The molecule has 4 aromatic rings. The predicted molar refractivity (Wildman–Crippen MR) is 141 cm³/mol. The van der Waals surface area contributed by atoms with Crippen LogP contribution >= 0.6 is 0 Å². The van der Waals surface area contributed by atoms with Crippen molar-refractivity contribution in [3.63, 3.8) is 0 Å². The number of benzene rings is 2. The van der Waals surface area contributed by atoms with Gasteiger partial charge in [0.05, 0.1) is 29.4 Å². The standard InChI is InChI=1S/C29H29F2N5O3/c1-29(2,38)27-33-14-21(15-34-27)17-7-9-23-24(12-17)36(35(3)26(23)37)16-20-11-18(8-10-25(20)39-28(30)31)22-6-4-5-19(22)13-32/h7-12,14-15,19,22,28,38H,4-6,16H2,1-3H3/t19-,22?/m1/s1. The lowest BCUT2D eigenvalue weighted by Gasteiger charge is -2.19. The summed E-state index contributed by atoms with van der Waals surface area (Å²) in [7, 11) is 1.63. The molecular formula is C29H29F2N5O3. The lowest BCUT2D eigenvalue weighted by atomic mass is 9.89. The van der Waals surface area contributed by atoms with Gasteiger partial charge in [-0.1, -0.05) is 18.6 Å². The first kappa shape index (κ1) is 26.5. The van der Waals surface area contributed by atoms with Crippen LogP contribution in [0.2, 0.25) is 0 Å². The Morgan fingerprint density at radius 1 is 1.15 bits per heavy atom. The topological polar surface area (TPSA) is 106 Å². The van der Waals surface area contributed by atoms with Gasteiger partial charge in [0.25, 0.3) is 5.56 Å². The largest absolute Gasteiger partial charge is 0.434 e. The average Bonchev–Trinajstić information content (AvgIpc) is 3.48. The number of fused-ring (bicyclic) bond motifs is 1. The Labute approximate surface area is 224 Å². The molecule has 0 radical (unpaired) electrons. The molecule has 1 N–H and O–H groups in total. The third-order valence-corrected chi connectivity index (χ3v) is 7.43. The van der Waals surface area contributed by atoms with Gasteiger partial charge in [0.2, 0.25) is 0 Å². The summed E-state index contributed by atoms with van der Waals surface area (Å²) in [6.07, 6.45) is 5.82. The molecule has 10 heteroatoms. The van der Waals surface area contributed by atoms with Crippen LogP contribution in [0.4, 0.5) is 8.78 Å². The number of aliphatic hydroxyl groups is 1. The molecule has 0 bridgehead atoms. The maximum Gasteiger partial charge on any atom is 0.387 e. The first-order valence-corrected chi connectivity index (χ1v) is 12.8. The van der Waals surface area contributed by atoms with E-state index < -0.39 is 12.2 Å². The molecule has 2 aromatic heterocycles. The highest BCUT2D eigenvalue weighted by atomic mass is 19.3. The Balaban J connectivity index is 1.58. The van der Waals surface area contributed by atoms with Crippen molar-refractivity contribution in [1.82, 2.24) is 19.3 Å². The van der Waals surface area contributed by atoms with Crippen molar-refractivity contribution in [2.24, 2.45) is 13.0 Å². The number of aromatic nitrogens is 4. The van der Waals surface area contributed by atoms with Crippen LogP contribution in [0.5, 0.6) is 5.75 Å². The first-order valence-electron chi connectivity index (χ1n) is 12.8. The van der Waals surface area contributed by atoms with Gasteiger partial charge < -0.3 is 9.84 Å². The zero-order chi connectivity index (χ0) is 27.9. The van der Waals surface area contributed by atoms with Crippen LogP contribution in [0.3, 0.4) is 0 Å². The molecule has 202 valence electrons. The quantitative estimate of drug-likeness (QED) is 0.355. The van der Waals surface area contributed by atoms with Crippen molar-refractivity contribution < 1.29 is 18.6 Å². The summed E-state index contributed by atoms with van der Waals surface area (Å²) < 4.78 is 34.6. The highest BCUT2D eigenvalue weighted by molar-refractivity contribution is 5.84. The number of halogens is 2. The lowest BCUT2D eigenvalue weighted by molar-refractivity contribution is -0.0505. The Morgan fingerprint density at radius 3 is 2.56 bits per heavy atom. The Bertz CT molecular complexity index is 1610. The van der Waals surface area contributed by atoms with E-state index in [0.29, 0.717) is 22.0 Å². The minimum absolute atomic E-state index is 0.0260. The molecule has 2 aromatic carbocycles. The fraction of sp³-hybridized carbons (Fsp3) is 0.379. The van der Waals surface area contributed by atoms with Crippen LogP contribution in [0.1, 0.15) is 56.0 Å². The summed E-state index contributed by atoms with van der Waals surface area (Å²) in [4.78, 5) is 21.6.